The molecule has 0 aliphatic carbocycles. The number of methoxy groups -OCH3 is 2. The molecule has 38 heavy (non-hydrogen) atoms. The number of carbonyl (C=O) groups is 1. The van der Waals surface area contributed by atoms with Gasteiger partial charge in [-0.2, -0.15) is 0 Å². The van der Waals surface area contributed by atoms with Crippen LogP contribution < -0.4 is 14.8 Å². The first-order valence-electron chi connectivity index (χ1n) is 12.9. The Balaban J connectivity index is 1.42. The molecule has 1 saturated heterocycles. The number of aryl methyl sites for hydroxylation is 1. The van der Waals surface area contributed by atoms with Crippen molar-refractivity contribution in [1.29, 1.82) is 0 Å². The van der Waals surface area contributed by atoms with Gasteiger partial charge >= 0.3 is 0 Å². The fourth-order valence-corrected chi connectivity index (χ4v) is 5.59. The maximum atomic E-state index is 13.2. The smallest absolute Gasteiger partial charge is 0.253 e. The van der Waals surface area contributed by atoms with Crippen molar-refractivity contribution in [3.05, 3.63) is 76.8 Å². The molecule has 1 aliphatic heterocycles. The molecule has 7 nitrogen and oxygen atoms in total. The lowest BCUT2D eigenvalue weighted by Gasteiger charge is -2.12. The van der Waals surface area contributed by atoms with Gasteiger partial charge in [0.1, 0.15) is 16.5 Å². The van der Waals surface area contributed by atoms with Crippen LogP contribution in [0.1, 0.15) is 34.5 Å². The molecule has 1 amide bonds. The van der Waals surface area contributed by atoms with Crippen molar-refractivity contribution < 1.29 is 19.0 Å². The lowest BCUT2D eigenvalue weighted by Crippen LogP contribution is -2.32. The summed E-state index contributed by atoms with van der Waals surface area (Å²) in [4.78, 5) is 18.2. The largest absolute Gasteiger partial charge is 0.497 e. The molecule has 5 rings (SSSR count). The summed E-state index contributed by atoms with van der Waals surface area (Å²) in [5.41, 5.74) is 5.63. The average Bonchev–Trinajstić information content (AvgIpc) is 3.72. The number of carbonyl (C=O) groups excluding carboxylic acids is 1. The highest BCUT2D eigenvalue weighted by Gasteiger charge is 2.22. The van der Waals surface area contributed by atoms with Gasteiger partial charge in [0, 0.05) is 36.3 Å². The molecule has 0 bridgehead atoms. The summed E-state index contributed by atoms with van der Waals surface area (Å²) in [7, 11) is 3.33. The van der Waals surface area contributed by atoms with Crippen molar-refractivity contribution in [2.75, 3.05) is 27.4 Å². The van der Waals surface area contributed by atoms with E-state index >= 15 is 0 Å². The van der Waals surface area contributed by atoms with Crippen LogP contribution in [0.15, 0.2) is 60.0 Å². The van der Waals surface area contributed by atoms with Crippen molar-refractivity contribution in [2.45, 2.75) is 38.8 Å². The van der Waals surface area contributed by atoms with Crippen LogP contribution in [0.2, 0.25) is 0 Å². The maximum absolute atomic E-state index is 13.2. The molecule has 1 atom stereocenters. The predicted molar refractivity (Wildman–Crippen MR) is 150 cm³/mol. The van der Waals surface area contributed by atoms with Crippen molar-refractivity contribution in [2.24, 2.45) is 0 Å². The monoisotopic (exact) mass is 531 g/mol. The van der Waals surface area contributed by atoms with Crippen LogP contribution in [0, 0.1) is 6.92 Å². The van der Waals surface area contributed by atoms with E-state index < -0.39 is 0 Å². The molecule has 4 aromatic rings. The van der Waals surface area contributed by atoms with Crippen LogP contribution >= 0.6 is 11.3 Å². The van der Waals surface area contributed by atoms with Crippen LogP contribution in [0.3, 0.4) is 0 Å². The summed E-state index contributed by atoms with van der Waals surface area (Å²) in [6, 6.07) is 18.0. The van der Waals surface area contributed by atoms with E-state index in [1.54, 1.807) is 25.6 Å². The van der Waals surface area contributed by atoms with Gasteiger partial charge in [-0.05, 0) is 74.2 Å². The van der Waals surface area contributed by atoms with E-state index in [2.05, 4.69) is 27.4 Å². The number of nitrogens with zero attached hydrogens (tertiary/aromatic N) is 2. The average molecular weight is 532 g/mol. The number of hydrogen-bond acceptors (Lipinski definition) is 6. The van der Waals surface area contributed by atoms with Crippen molar-refractivity contribution in [3.63, 3.8) is 0 Å². The highest BCUT2D eigenvalue weighted by molar-refractivity contribution is 7.13. The van der Waals surface area contributed by atoms with Gasteiger partial charge in [0.15, 0.2) is 0 Å². The van der Waals surface area contributed by atoms with Gasteiger partial charge in [-0.15, -0.1) is 11.3 Å². The van der Waals surface area contributed by atoms with Gasteiger partial charge in [-0.1, -0.05) is 12.1 Å². The van der Waals surface area contributed by atoms with Gasteiger partial charge in [-0.3, -0.25) is 4.79 Å². The van der Waals surface area contributed by atoms with Gasteiger partial charge in [0.2, 0.25) is 0 Å². The molecular weight excluding hydrogens is 498 g/mol. The number of benzene rings is 2. The third-order valence-corrected chi connectivity index (χ3v) is 7.90. The topological polar surface area (TPSA) is 74.6 Å². The first kappa shape index (κ1) is 26.0. The van der Waals surface area contributed by atoms with E-state index in [9.17, 15) is 4.79 Å². The number of ether oxygens (including phenoxy) is 3. The van der Waals surface area contributed by atoms with Crippen LogP contribution in [0.4, 0.5) is 0 Å². The predicted octanol–water partition coefficient (Wildman–Crippen LogP) is 5.76. The SMILES string of the molecule is COc1ccc(CCn2c(-c3csc(-c4ccc(OC)cc4)n3)cc(C(=O)NCC3CCCO3)c2C)cc1. The molecule has 2 aromatic heterocycles. The summed E-state index contributed by atoms with van der Waals surface area (Å²) in [5, 5.41) is 6.07. The van der Waals surface area contributed by atoms with Gasteiger partial charge in [0.25, 0.3) is 5.91 Å². The Hall–Kier alpha value is -3.62. The molecule has 0 spiro atoms. The molecule has 0 saturated carbocycles. The van der Waals surface area contributed by atoms with Crippen LogP contribution in [0.25, 0.3) is 22.0 Å². The molecule has 2 aromatic carbocycles. The fraction of sp³-hybridized carbons (Fsp3) is 0.333. The normalized spacial score (nSPS) is 15.0. The molecule has 198 valence electrons. The zero-order valence-corrected chi connectivity index (χ0v) is 22.8. The fourth-order valence-electron chi connectivity index (χ4n) is 4.77. The summed E-state index contributed by atoms with van der Waals surface area (Å²) in [5.74, 6) is 1.57. The minimum absolute atomic E-state index is 0.0759. The standard InChI is InChI=1S/C30H33N3O4S/c1-20-26(29(34)31-18-25-5-4-16-37-25)17-28(33(20)15-14-21-6-10-23(35-2)11-7-21)27-19-38-30(32-27)22-8-12-24(36-3)13-9-22/h6-13,17,19,25H,4-5,14-16,18H2,1-3H3,(H,31,34). The Bertz CT molecular complexity index is 1370. The summed E-state index contributed by atoms with van der Waals surface area (Å²) < 4.78 is 18.5. The second-order valence-corrected chi connectivity index (χ2v) is 10.2. The van der Waals surface area contributed by atoms with E-state index in [0.29, 0.717) is 12.1 Å². The van der Waals surface area contributed by atoms with Crippen LogP contribution in [-0.2, 0) is 17.7 Å². The second-order valence-electron chi connectivity index (χ2n) is 9.39. The molecular formula is C30H33N3O4S. The van der Waals surface area contributed by atoms with E-state index in [4.69, 9.17) is 19.2 Å². The third-order valence-electron chi connectivity index (χ3n) is 7.01. The Morgan fingerprint density at radius 1 is 1.11 bits per heavy atom. The summed E-state index contributed by atoms with van der Waals surface area (Å²) in [6.07, 6.45) is 2.95. The van der Waals surface area contributed by atoms with Gasteiger partial charge in [-0.25, -0.2) is 4.98 Å². The number of nitrogens with one attached hydrogen (secondary N) is 1. The highest BCUT2D eigenvalue weighted by atomic mass is 32.1. The molecule has 8 heteroatoms. The Kier molecular flexibility index (Phi) is 8.10. The Labute approximate surface area is 227 Å². The number of rotatable bonds is 10. The summed E-state index contributed by atoms with van der Waals surface area (Å²) in [6.45, 7) is 4.03. The lowest BCUT2D eigenvalue weighted by molar-refractivity contribution is 0.0857. The third kappa shape index (κ3) is 5.76. The first-order valence-corrected chi connectivity index (χ1v) is 13.8. The summed E-state index contributed by atoms with van der Waals surface area (Å²) >= 11 is 1.59. The van der Waals surface area contributed by atoms with Gasteiger partial charge in [0.05, 0.1) is 37.3 Å². The second kappa shape index (κ2) is 11.8. The van der Waals surface area contributed by atoms with Crippen LogP contribution in [-0.4, -0.2) is 48.9 Å². The van der Waals surface area contributed by atoms with E-state index in [1.165, 1.54) is 5.56 Å². The molecule has 0 radical (unpaired) electrons. The number of hydrogen-bond donors (Lipinski definition) is 1. The van der Waals surface area contributed by atoms with E-state index in [1.807, 2.05) is 49.4 Å². The van der Waals surface area contributed by atoms with E-state index in [0.717, 1.165) is 71.6 Å². The minimum Gasteiger partial charge on any atom is -0.497 e. The lowest BCUT2D eigenvalue weighted by atomic mass is 10.1. The number of aromatic nitrogens is 2. The van der Waals surface area contributed by atoms with Crippen molar-refractivity contribution in [3.8, 4) is 33.5 Å². The molecule has 1 unspecified atom stereocenters. The molecule has 1 aliphatic rings. The van der Waals surface area contributed by atoms with Crippen molar-refractivity contribution in [1.82, 2.24) is 14.9 Å². The van der Waals surface area contributed by atoms with E-state index in [-0.39, 0.29) is 12.0 Å². The number of amides is 1. The first-order chi connectivity index (χ1) is 18.6. The quantitative estimate of drug-likeness (QED) is 0.282. The highest BCUT2D eigenvalue weighted by Crippen LogP contribution is 2.32. The molecule has 3 heterocycles. The minimum atomic E-state index is -0.0759. The number of thiazole rings is 1. The van der Waals surface area contributed by atoms with Gasteiger partial charge < -0.3 is 24.1 Å². The maximum Gasteiger partial charge on any atom is 0.253 e. The zero-order chi connectivity index (χ0) is 26.5. The van der Waals surface area contributed by atoms with Crippen LogP contribution in [0.5, 0.6) is 11.5 Å². The Morgan fingerprint density at radius 2 is 1.82 bits per heavy atom. The van der Waals surface area contributed by atoms with Crippen molar-refractivity contribution >= 4 is 17.2 Å². The zero-order valence-electron chi connectivity index (χ0n) is 22.0. The molecule has 1 N–H and O–H groups in total. The molecule has 1 fully saturated rings. The Morgan fingerprint density at radius 3 is 2.47 bits per heavy atom.